The number of rotatable bonds is 5. The molecule has 5 nitrogen and oxygen atoms in total. The van der Waals surface area contributed by atoms with Gasteiger partial charge in [0.25, 0.3) is 0 Å². The van der Waals surface area contributed by atoms with E-state index >= 15 is 0 Å². The summed E-state index contributed by atoms with van der Waals surface area (Å²) in [5, 5.41) is 5.86. The molecule has 2 N–H and O–H groups in total. The normalized spacial score (nSPS) is 25.6. The SMILES string of the molecule is CC(C)C(CNC(=O)C1CCC(=O)NC1)N1CCCC1. The minimum absolute atomic E-state index is 0.0564. The van der Waals surface area contributed by atoms with Crippen molar-refractivity contribution in [1.29, 1.82) is 0 Å². The van der Waals surface area contributed by atoms with Gasteiger partial charge < -0.3 is 10.6 Å². The van der Waals surface area contributed by atoms with Gasteiger partial charge in [-0.2, -0.15) is 0 Å². The average Bonchev–Trinajstić information content (AvgIpc) is 2.93. The highest BCUT2D eigenvalue weighted by atomic mass is 16.2. The van der Waals surface area contributed by atoms with Crippen LogP contribution < -0.4 is 10.6 Å². The van der Waals surface area contributed by atoms with E-state index in [1.807, 2.05) is 0 Å². The van der Waals surface area contributed by atoms with Crippen molar-refractivity contribution in [2.24, 2.45) is 11.8 Å². The molecule has 2 heterocycles. The second-order valence-electron chi connectivity index (χ2n) is 6.34. The lowest BCUT2D eigenvalue weighted by Crippen LogP contribution is -2.49. The van der Waals surface area contributed by atoms with Crippen LogP contribution in [0.15, 0.2) is 0 Å². The van der Waals surface area contributed by atoms with Crippen molar-refractivity contribution in [1.82, 2.24) is 15.5 Å². The first-order chi connectivity index (χ1) is 9.58. The van der Waals surface area contributed by atoms with Crippen molar-refractivity contribution in [3.05, 3.63) is 0 Å². The predicted molar refractivity (Wildman–Crippen MR) is 78.2 cm³/mol. The highest BCUT2D eigenvalue weighted by Gasteiger charge is 2.28. The number of nitrogens with zero attached hydrogens (tertiary/aromatic N) is 1. The van der Waals surface area contributed by atoms with E-state index in [1.165, 1.54) is 12.8 Å². The maximum absolute atomic E-state index is 12.2. The van der Waals surface area contributed by atoms with Gasteiger partial charge in [0.05, 0.1) is 5.92 Å². The Kier molecular flexibility index (Phi) is 5.40. The number of hydrogen-bond acceptors (Lipinski definition) is 3. The van der Waals surface area contributed by atoms with Crippen molar-refractivity contribution in [2.75, 3.05) is 26.2 Å². The molecule has 0 aromatic rings. The summed E-state index contributed by atoms with van der Waals surface area (Å²) in [6.07, 6.45) is 3.68. The first kappa shape index (κ1) is 15.3. The predicted octanol–water partition coefficient (Wildman–Crippen LogP) is 0.749. The molecule has 114 valence electrons. The molecule has 0 radical (unpaired) electrons. The van der Waals surface area contributed by atoms with Crippen LogP contribution >= 0.6 is 0 Å². The third kappa shape index (κ3) is 3.95. The van der Waals surface area contributed by atoms with Crippen molar-refractivity contribution < 1.29 is 9.59 Å². The largest absolute Gasteiger partial charge is 0.355 e. The Labute approximate surface area is 121 Å². The van der Waals surface area contributed by atoms with Gasteiger partial charge in [-0.3, -0.25) is 14.5 Å². The highest BCUT2D eigenvalue weighted by Crippen LogP contribution is 2.17. The van der Waals surface area contributed by atoms with E-state index < -0.39 is 0 Å². The van der Waals surface area contributed by atoms with E-state index in [4.69, 9.17) is 0 Å². The summed E-state index contributed by atoms with van der Waals surface area (Å²) in [6.45, 7) is 7.95. The van der Waals surface area contributed by atoms with Gasteiger partial charge in [0.1, 0.15) is 0 Å². The van der Waals surface area contributed by atoms with Crippen LogP contribution in [0.1, 0.15) is 39.5 Å². The van der Waals surface area contributed by atoms with Crippen molar-refractivity contribution >= 4 is 11.8 Å². The van der Waals surface area contributed by atoms with Gasteiger partial charge in [-0.25, -0.2) is 0 Å². The van der Waals surface area contributed by atoms with Gasteiger partial charge in [0.2, 0.25) is 11.8 Å². The summed E-state index contributed by atoms with van der Waals surface area (Å²) in [5.41, 5.74) is 0. The fourth-order valence-corrected chi connectivity index (χ4v) is 3.17. The standard InChI is InChI=1S/C15H27N3O2/c1-11(2)13(18-7-3-4-8-18)10-17-15(20)12-5-6-14(19)16-9-12/h11-13H,3-10H2,1-2H3,(H,16,19)(H,17,20). The van der Waals surface area contributed by atoms with Gasteiger partial charge >= 0.3 is 0 Å². The lowest BCUT2D eigenvalue weighted by atomic mass is 9.97. The number of carbonyl (C=O) groups excluding carboxylic acids is 2. The maximum atomic E-state index is 12.2. The molecular weight excluding hydrogens is 254 g/mol. The summed E-state index contributed by atoms with van der Waals surface area (Å²) in [4.78, 5) is 25.8. The molecule has 2 aliphatic heterocycles. The summed E-state index contributed by atoms with van der Waals surface area (Å²) >= 11 is 0. The van der Waals surface area contributed by atoms with Crippen LogP contribution in [0.3, 0.4) is 0 Å². The molecule has 2 fully saturated rings. The number of carbonyl (C=O) groups is 2. The van der Waals surface area contributed by atoms with Crippen LogP contribution in [0.2, 0.25) is 0 Å². The lowest BCUT2D eigenvalue weighted by Gasteiger charge is -2.31. The van der Waals surface area contributed by atoms with Gasteiger partial charge in [0, 0.05) is 25.6 Å². The highest BCUT2D eigenvalue weighted by molar-refractivity contribution is 5.83. The number of nitrogens with one attached hydrogen (secondary N) is 2. The Morgan fingerprint density at radius 2 is 2.10 bits per heavy atom. The van der Waals surface area contributed by atoms with Crippen LogP contribution in [0.4, 0.5) is 0 Å². The van der Waals surface area contributed by atoms with E-state index in [1.54, 1.807) is 0 Å². The van der Waals surface area contributed by atoms with Gasteiger partial charge in [-0.15, -0.1) is 0 Å². The van der Waals surface area contributed by atoms with Crippen LogP contribution in [-0.2, 0) is 9.59 Å². The zero-order valence-electron chi connectivity index (χ0n) is 12.7. The van der Waals surface area contributed by atoms with Crippen molar-refractivity contribution in [2.45, 2.75) is 45.6 Å². The number of hydrogen-bond donors (Lipinski definition) is 2. The molecule has 0 bridgehead atoms. The Balaban J connectivity index is 1.79. The van der Waals surface area contributed by atoms with Crippen molar-refractivity contribution in [3.8, 4) is 0 Å². The molecule has 5 heteroatoms. The zero-order valence-corrected chi connectivity index (χ0v) is 12.7. The third-order valence-corrected chi connectivity index (χ3v) is 4.50. The monoisotopic (exact) mass is 281 g/mol. The molecule has 0 aromatic heterocycles. The quantitative estimate of drug-likeness (QED) is 0.782. The Hall–Kier alpha value is -1.10. The molecule has 2 atom stereocenters. The second kappa shape index (κ2) is 7.07. The van der Waals surface area contributed by atoms with E-state index in [-0.39, 0.29) is 17.7 Å². The van der Waals surface area contributed by atoms with E-state index in [0.29, 0.717) is 31.3 Å². The molecular formula is C15H27N3O2. The fraction of sp³-hybridized carbons (Fsp3) is 0.867. The van der Waals surface area contributed by atoms with Crippen LogP contribution in [0.25, 0.3) is 0 Å². The molecule has 20 heavy (non-hydrogen) atoms. The van der Waals surface area contributed by atoms with E-state index in [0.717, 1.165) is 19.6 Å². The number of likely N-dealkylation sites (tertiary alicyclic amines) is 1. The van der Waals surface area contributed by atoms with Gasteiger partial charge in [-0.05, 0) is 38.3 Å². The van der Waals surface area contributed by atoms with E-state index in [9.17, 15) is 9.59 Å². The molecule has 2 saturated heterocycles. The molecule has 2 rings (SSSR count). The summed E-state index contributed by atoms with van der Waals surface area (Å²) in [6, 6.07) is 0.430. The van der Waals surface area contributed by atoms with Gasteiger partial charge in [-0.1, -0.05) is 13.8 Å². The average molecular weight is 281 g/mol. The number of piperidine rings is 1. The maximum Gasteiger partial charge on any atom is 0.224 e. The minimum atomic E-state index is -0.0564. The fourth-order valence-electron chi connectivity index (χ4n) is 3.17. The summed E-state index contributed by atoms with van der Waals surface area (Å²) in [7, 11) is 0. The number of amides is 2. The molecule has 0 aromatic carbocycles. The summed E-state index contributed by atoms with van der Waals surface area (Å²) in [5.74, 6) is 0.638. The first-order valence-electron chi connectivity index (χ1n) is 7.86. The Bertz CT molecular complexity index is 341. The molecule has 0 saturated carbocycles. The topological polar surface area (TPSA) is 61.4 Å². The zero-order chi connectivity index (χ0) is 14.5. The minimum Gasteiger partial charge on any atom is -0.355 e. The van der Waals surface area contributed by atoms with E-state index in [2.05, 4.69) is 29.4 Å². The van der Waals surface area contributed by atoms with Gasteiger partial charge in [0.15, 0.2) is 0 Å². The van der Waals surface area contributed by atoms with Crippen LogP contribution in [0.5, 0.6) is 0 Å². The smallest absolute Gasteiger partial charge is 0.224 e. The first-order valence-corrected chi connectivity index (χ1v) is 7.86. The Morgan fingerprint density at radius 3 is 2.65 bits per heavy atom. The molecule has 2 aliphatic rings. The Morgan fingerprint density at radius 1 is 1.40 bits per heavy atom. The second-order valence-corrected chi connectivity index (χ2v) is 6.34. The van der Waals surface area contributed by atoms with Crippen LogP contribution in [0, 0.1) is 11.8 Å². The van der Waals surface area contributed by atoms with Crippen molar-refractivity contribution in [3.63, 3.8) is 0 Å². The molecule has 2 amide bonds. The van der Waals surface area contributed by atoms with Crippen LogP contribution in [-0.4, -0.2) is 48.9 Å². The molecule has 0 aliphatic carbocycles. The third-order valence-electron chi connectivity index (χ3n) is 4.50. The summed E-state index contributed by atoms with van der Waals surface area (Å²) < 4.78 is 0. The molecule has 0 spiro atoms. The lowest BCUT2D eigenvalue weighted by molar-refractivity contribution is -0.129. The molecule has 2 unspecified atom stereocenters.